The standard InChI is InChI=1S/C15H40O5Si4/c1-11-12-16-13-14-17-15-24(10,19-22(5,6)7)20-23(8,9)18-21(2,3)4/h11-15H2,1-10H3. The van der Waals surface area contributed by atoms with E-state index in [1.807, 2.05) is 0 Å². The van der Waals surface area contributed by atoms with E-state index >= 15 is 0 Å². The molecule has 0 spiro atoms. The molecule has 1 unspecified atom stereocenters. The maximum atomic E-state index is 6.54. The smallest absolute Gasteiger partial charge is 0.342 e. The lowest BCUT2D eigenvalue weighted by molar-refractivity contribution is 0.0558. The summed E-state index contributed by atoms with van der Waals surface area (Å²) >= 11 is 0. The molecule has 24 heavy (non-hydrogen) atoms. The van der Waals surface area contributed by atoms with Gasteiger partial charge in [-0.25, -0.2) is 0 Å². The number of ether oxygens (including phenoxy) is 2. The fourth-order valence-corrected chi connectivity index (χ4v) is 19.9. The van der Waals surface area contributed by atoms with E-state index in [2.05, 4.69) is 65.8 Å². The van der Waals surface area contributed by atoms with Crippen LogP contribution >= 0.6 is 0 Å². The average Bonchev–Trinajstić information content (AvgIpc) is 2.26. The average molecular weight is 413 g/mol. The Kier molecular flexibility index (Phi) is 10.4. The van der Waals surface area contributed by atoms with Crippen LogP contribution in [-0.2, 0) is 21.8 Å². The second-order valence-corrected chi connectivity index (χ2v) is 25.0. The molecule has 146 valence electrons. The van der Waals surface area contributed by atoms with E-state index in [0.29, 0.717) is 19.4 Å². The Balaban J connectivity index is 4.76. The molecule has 0 N–H and O–H groups in total. The Morgan fingerprint density at radius 1 is 0.583 bits per heavy atom. The van der Waals surface area contributed by atoms with E-state index in [1.165, 1.54) is 0 Å². The van der Waals surface area contributed by atoms with Gasteiger partial charge >= 0.3 is 17.1 Å². The highest BCUT2D eigenvalue weighted by molar-refractivity contribution is 6.89. The van der Waals surface area contributed by atoms with Gasteiger partial charge in [0.15, 0.2) is 16.6 Å². The highest BCUT2D eigenvalue weighted by Crippen LogP contribution is 2.24. The Morgan fingerprint density at radius 3 is 1.54 bits per heavy atom. The van der Waals surface area contributed by atoms with Gasteiger partial charge in [-0.3, -0.25) is 0 Å². The van der Waals surface area contributed by atoms with Crippen LogP contribution in [0.15, 0.2) is 0 Å². The molecule has 0 aromatic rings. The molecule has 0 aliphatic rings. The second-order valence-electron chi connectivity index (χ2n) is 8.73. The molecule has 0 saturated carbocycles. The number of rotatable bonds is 13. The van der Waals surface area contributed by atoms with E-state index in [1.54, 1.807) is 0 Å². The Morgan fingerprint density at radius 2 is 1.08 bits per heavy atom. The Labute approximate surface area is 154 Å². The molecule has 5 nitrogen and oxygen atoms in total. The van der Waals surface area contributed by atoms with Crippen LogP contribution in [0.5, 0.6) is 0 Å². The van der Waals surface area contributed by atoms with Gasteiger partial charge in [0.2, 0.25) is 0 Å². The molecule has 0 amide bonds. The third-order valence-corrected chi connectivity index (χ3v) is 15.6. The van der Waals surface area contributed by atoms with E-state index in [-0.39, 0.29) is 0 Å². The molecule has 0 aliphatic carbocycles. The zero-order chi connectivity index (χ0) is 19.1. The molecule has 0 fully saturated rings. The second kappa shape index (κ2) is 10.1. The van der Waals surface area contributed by atoms with Gasteiger partial charge in [0.25, 0.3) is 0 Å². The van der Waals surface area contributed by atoms with Crippen molar-refractivity contribution in [2.24, 2.45) is 0 Å². The summed E-state index contributed by atoms with van der Waals surface area (Å²) in [4.78, 5) is 0. The molecule has 0 radical (unpaired) electrons. The lowest BCUT2D eigenvalue weighted by Crippen LogP contribution is -2.59. The van der Waals surface area contributed by atoms with Crippen molar-refractivity contribution in [2.45, 2.75) is 72.3 Å². The minimum Gasteiger partial charge on any atom is -0.437 e. The van der Waals surface area contributed by atoms with Crippen LogP contribution in [0.3, 0.4) is 0 Å². The SMILES string of the molecule is CCCOCCOC[Si](C)(O[Si](C)(C)C)O[Si](C)(C)O[Si](C)(C)C. The first kappa shape index (κ1) is 24.7. The molecule has 1 atom stereocenters. The predicted molar refractivity (Wildman–Crippen MR) is 111 cm³/mol. The van der Waals surface area contributed by atoms with Crippen LogP contribution in [0.25, 0.3) is 0 Å². The van der Waals surface area contributed by atoms with Gasteiger partial charge in [-0.15, -0.1) is 0 Å². The quantitative estimate of drug-likeness (QED) is 0.330. The van der Waals surface area contributed by atoms with Gasteiger partial charge in [-0.1, -0.05) is 6.92 Å². The fraction of sp³-hybridized carbons (Fsp3) is 1.00. The summed E-state index contributed by atoms with van der Waals surface area (Å²) < 4.78 is 30.7. The van der Waals surface area contributed by atoms with E-state index < -0.39 is 33.8 Å². The first-order valence-electron chi connectivity index (χ1n) is 8.94. The molecule has 0 rings (SSSR count). The van der Waals surface area contributed by atoms with Crippen molar-refractivity contribution in [2.75, 3.05) is 26.1 Å². The van der Waals surface area contributed by atoms with Crippen LogP contribution in [0.1, 0.15) is 13.3 Å². The van der Waals surface area contributed by atoms with Crippen LogP contribution < -0.4 is 0 Å². The minimum atomic E-state index is -2.45. The van der Waals surface area contributed by atoms with Gasteiger partial charge in [-0.2, -0.15) is 0 Å². The van der Waals surface area contributed by atoms with Gasteiger partial charge in [0.1, 0.15) is 0 Å². The van der Waals surface area contributed by atoms with Crippen molar-refractivity contribution in [3.05, 3.63) is 0 Å². The van der Waals surface area contributed by atoms with Crippen molar-refractivity contribution in [3.63, 3.8) is 0 Å². The monoisotopic (exact) mass is 412 g/mol. The van der Waals surface area contributed by atoms with Crippen molar-refractivity contribution in [3.8, 4) is 0 Å². The topological polar surface area (TPSA) is 46.2 Å². The highest BCUT2D eigenvalue weighted by Gasteiger charge is 2.44. The maximum absolute atomic E-state index is 6.54. The maximum Gasteiger partial charge on any atom is 0.342 e. The lowest BCUT2D eigenvalue weighted by Gasteiger charge is -2.41. The van der Waals surface area contributed by atoms with Crippen molar-refractivity contribution in [1.29, 1.82) is 0 Å². The Hall–Kier alpha value is 0.668. The number of hydrogen-bond donors (Lipinski definition) is 0. The van der Waals surface area contributed by atoms with Crippen LogP contribution in [0.2, 0.25) is 58.9 Å². The van der Waals surface area contributed by atoms with Crippen LogP contribution in [0.4, 0.5) is 0 Å². The summed E-state index contributed by atoms with van der Waals surface area (Å²) in [6.07, 6.45) is 1.56. The molecule has 0 aliphatic heterocycles. The molecule has 0 bridgehead atoms. The molecular weight excluding hydrogens is 373 g/mol. The Bertz CT molecular complexity index is 355. The first-order chi connectivity index (χ1) is 10.7. The van der Waals surface area contributed by atoms with E-state index in [9.17, 15) is 0 Å². The van der Waals surface area contributed by atoms with Crippen molar-refractivity contribution >= 4 is 33.8 Å². The lowest BCUT2D eigenvalue weighted by atomic mass is 10.5. The summed E-state index contributed by atoms with van der Waals surface area (Å²) in [5.41, 5.74) is 0. The van der Waals surface area contributed by atoms with Gasteiger partial charge in [-0.05, 0) is 65.3 Å². The van der Waals surface area contributed by atoms with Gasteiger partial charge in [0, 0.05) is 6.61 Å². The molecule has 0 saturated heterocycles. The van der Waals surface area contributed by atoms with E-state index in [0.717, 1.165) is 13.0 Å². The van der Waals surface area contributed by atoms with Crippen molar-refractivity contribution < 1.29 is 21.8 Å². The van der Waals surface area contributed by atoms with Gasteiger partial charge in [0.05, 0.1) is 19.4 Å². The van der Waals surface area contributed by atoms with E-state index in [4.69, 9.17) is 21.8 Å². The molecular formula is C15H40O5Si4. The van der Waals surface area contributed by atoms with Crippen LogP contribution in [0, 0.1) is 0 Å². The molecule has 0 heterocycles. The summed E-state index contributed by atoms with van der Waals surface area (Å²) in [6, 6.07) is 0. The predicted octanol–water partition coefficient (Wildman–Crippen LogP) is 4.46. The molecule has 0 aromatic heterocycles. The molecule has 9 heteroatoms. The van der Waals surface area contributed by atoms with Crippen LogP contribution in [-0.4, -0.2) is 59.8 Å². The number of hydrogen-bond acceptors (Lipinski definition) is 5. The summed E-state index contributed by atoms with van der Waals surface area (Å²) in [5.74, 6) is 0. The van der Waals surface area contributed by atoms with Gasteiger partial charge < -0.3 is 21.8 Å². The third kappa shape index (κ3) is 13.9. The minimum absolute atomic E-state index is 0.526. The summed E-state index contributed by atoms with van der Waals surface area (Å²) in [5, 5.41) is 0. The largest absolute Gasteiger partial charge is 0.437 e. The first-order valence-corrected chi connectivity index (χ1v) is 21.1. The zero-order valence-corrected chi connectivity index (χ0v) is 21.6. The molecule has 0 aromatic carbocycles. The third-order valence-electron chi connectivity index (χ3n) is 2.62. The highest BCUT2D eigenvalue weighted by atomic mass is 28.5. The summed E-state index contributed by atoms with van der Waals surface area (Å²) in [7, 11) is -8.07. The van der Waals surface area contributed by atoms with Crippen molar-refractivity contribution in [1.82, 2.24) is 0 Å². The zero-order valence-electron chi connectivity index (χ0n) is 17.6. The normalized spacial score (nSPS) is 16.2. The fourth-order valence-electron chi connectivity index (χ4n) is 2.63. The summed E-state index contributed by atoms with van der Waals surface area (Å²) in [6.45, 7) is 23.6.